The lowest BCUT2D eigenvalue weighted by atomic mass is 10.1. The van der Waals surface area contributed by atoms with Crippen molar-refractivity contribution in [3.05, 3.63) is 17.9 Å². The van der Waals surface area contributed by atoms with E-state index >= 15 is 0 Å². The monoisotopic (exact) mass is 302 g/mol. The summed E-state index contributed by atoms with van der Waals surface area (Å²) >= 11 is 0. The van der Waals surface area contributed by atoms with Crippen molar-refractivity contribution in [3.63, 3.8) is 0 Å². The number of sulfonamides is 1. The molecule has 0 aromatic carbocycles. The largest absolute Gasteiger partial charge is 0.447 e. The second-order valence-corrected chi connectivity index (χ2v) is 7.63. The Balaban J connectivity index is 2.56. The van der Waals surface area contributed by atoms with Gasteiger partial charge in [0.2, 0.25) is 5.09 Å². The van der Waals surface area contributed by atoms with Gasteiger partial charge in [0.25, 0.3) is 10.0 Å². The van der Waals surface area contributed by atoms with Gasteiger partial charge < -0.3 is 9.73 Å². The Morgan fingerprint density at radius 1 is 1.20 bits per heavy atom. The van der Waals surface area contributed by atoms with Crippen LogP contribution in [0.3, 0.4) is 0 Å². The number of rotatable bonds is 8. The summed E-state index contributed by atoms with van der Waals surface area (Å²) in [6.07, 6.45) is 2.92. The minimum absolute atomic E-state index is 0.0142. The van der Waals surface area contributed by atoms with Crippen LogP contribution in [0.5, 0.6) is 0 Å². The van der Waals surface area contributed by atoms with Crippen molar-refractivity contribution in [3.8, 4) is 0 Å². The van der Waals surface area contributed by atoms with Crippen LogP contribution >= 0.6 is 0 Å². The SMILES string of the molecule is CCCCCNS(=O)(=O)c1ccc(CNC(C)(C)C)o1. The molecule has 2 N–H and O–H groups in total. The zero-order chi connectivity index (χ0) is 15.2. The first-order valence-electron chi connectivity index (χ1n) is 7.08. The maximum Gasteiger partial charge on any atom is 0.273 e. The van der Waals surface area contributed by atoms with Gasteiger partial charge in [0.15, 0.2) is 0 Å². The van der Waals surface area contributed by atoms with Crippen molar-refractivity contribution >= 4 is 10.0 Å². The Morgan fingerprint density at radius 2 is 1.90 bits per heavy atom. The quantitative estimate of drug-likeness (QED) is 0.724. The van der Waals surface area contributed by atoms with Crippen molar-refractivity contribution in [2.24, 2.45) is 0 Å². The van der Waals surface area contributed by atoms with E-state index in [4.69, 9.17) is 4.42 Å². The smallest absolute Gasteiger partial charge is 0.273 e. The van der Waals surface area contributed by atoms with Gasteiger partial charge in [-0.2, -0.15) is 0 Å². The zero-order valence-corrected chi connectivity index (χ0v) is 13.6. The number of hydrogen-bond donors (Lipinski definition) is 2. The first kappa shape index (κ1) is 17.2. The summed E-state index contributed by atoms with van der Waals surface area (Å²) in [6.45, 7) is 9.17. The molecule has 0 fully saturated rings. The minimum atomic E-state index is -3.52. The van der Waals surface area contributed by atoms with Gasteiger partial charge in [0, 0.05) is 12.1 Å². The Kier molecular flexibility index (Phi) is 6.23. The van der Waals surface area contributed by atoms with Crippen LogP contribution < -0.4 is 10.0 Å². The van der Waals surface area contributed by atoms with E-state index in [2.05, 4.69) is 17.0 Å². The van der Waals surface area contributed by atoms with E-state index in [1.807, 2.05) is 20.8 Å². The topological polar surface area (TPSA) is 71.3 Å². The summed E-state index contributed by atoms with van der Waals surface area (Å²) in [5, 5.41) is 3.24. The predicted molar refractivity (Wildman–Crippen MR) is 80.0 cm³/mol. The van der Waals surface area contributed by atoms with Crippen LogP contribution in [0, 0.1) is 0 Å². The molecule has 0 aliphatic heterocycles. The third kappa shape index (κ3) is 6.07. The van der Waals surface area contributed by atoms with E-state index in [-0.39, 0.29) is 10.6 Å². The fraction of sp³-hybridized carbons (Fsp3) is 0.714. The summed E-state index contributed by atoms with van der Waals surface area (Å²) < 4.78 is 31.9. The predicted octanol–water partition coefficient (Wildman–Crippen LogP) is 2.64. The molecular weight excluding hydrogens is 276 g/mol. The number of hydrogen-bond acceptors (Lipinski definition) is 4. The maximum absolute atomic E-state index is 12.0. The summed E-state index contributed by atoms with van der Waals surface area (Å²) in [7, 11) is -3.52. The lowest BCUT2D eigenvalue weighted by Gasteiger charge is -2.19. The molecule has 0 bridgehead atoms. The van der Waals surface area contributed by atoms with Crippen LogP contribution in [0.4, 0.5) is 0 Å². The Bertz CT molecular complexity index is 501. The summed E-state index contributed by atoms with van der Waals surface area (Å²) in [5.41, 5.74) is -0.0375. The molecule has 1 rings (SSSR count). The van der Waals surface area contributed by atoms with Crippen molar-refractivity contribution in [2.45, 2.75) is 64.1 Å². The van der Waals surface area contributed by atoms with Gasteiger partial charge in [-0.15, -0.1) is 0 Å². The van der Waals surface area contributed by atoms with Gasteiger partial charge in [-0.25, -0.2) is 13.1 Å². The van der Waals surface area contributed by atoms with E-state index < -0.39 is 10.0 Å². The molecule has 0 saturated carbocycles. The number of furan rings is 1. The highest BCUT2D eigenvalue weighted by molar-refractivity contribution is 7.89. The first-order chi connectivity index (χ1) is 9.24. The lowest BCUT2D eigenvalue weighted by molar-refractivity contribution is 0.359. The molecule has 20 heavy (non-hydrogen) atoms. The summed E-state index contributed by atoms with van der Waals surface area (Å²) in [6, 6.07) is 3.20. The molecule has 0 radical (unpaired) electrons. The first-order valence-corrected chi connectivity index (χ1v) is 8.56. The lowest BCUT2D eigenvalue weighted by Crippen LogP contribution is -2.34. The van der Waals surface area contributed by atoms with E-state index in [1.54, 1.807) is 6.07 Å². The van der Waals surface area contributed by atoms with Gasteiger partial charge in [-0.1, -0.05) is 19.8 Å². The molecule has 1 aromatic rings. The summed E-state index contributed by atoms with van der Waals surface area (Å²) in [4.78, 5) is 0. The molecule has 6 heteroatoms. The third-order valence-corrected chi connectivity index (χ3v) is 4.10. The van der Waals surface area contributed by atoms with Crippen molar-refractivity contribution in [1.82, 2.24) is 10.0 Å². The normalized spacial score (nSPS) is 12.8. The van der Waals surface area contributed by atoms with Gasteiger partial charge in [-0.05, 0) is 39.3 Å². The molecule has 0 saturated heterocycles. The highest BCUT2D eigenvalue weighted by Crippen LogP contribution is 2.14. The Hall–Kier alpha value is -0.850. The highest BCUT2D eigenvalue weighted by atomic mass is 32.2. The molecule has 0 aliphatic carbocycles. The second-order valence-electron chi connectivity index (χ2n) is 5.93. The fourth-order valence-corrected chi connectivity index (χ4v) is 2.62. The molecule has 0 spiro atoms. The average molecular weight is 302 g/mol. The van der Waals surface area contributed by atoms with Crippen molar-refractivity contribution in [1.29, 1.82) is 0 Å². The van der Waals surface area contributed by atoms with E-state index in [9.17, 15) is 8.42 Å². The number of nitrogens with one attached hydrogen (secondary N) is 2. The van der Waals surface area contributed by atoms with Crippen LogP contribution in [0.2, 0.25) is 0 Å². The van der Waals surface area contributed by atoms with Crippen LogP contribution in [-0.2, 0) is 16.6 Å². The van der Waals surface area contributed by atoms with E-state index in [0.717, 1.165) is 19.3 Å². The maximum atomic E-state index is 12.0. The van der Waals surface area contributed by atoms with E-state index in [1.165, 1.54) is 6.07 Å². The van der Waals surface area contributed by atoms with Gasteiger partial charge in [-0.3, -0.25) is 0 Å². The van der Waals surface area contributed by atoms with Crippen molar-refractivity contribution in [2.75, 3.05) is 6.54 Å². The molecule has 0 unspecified atom stereocenters. The molecule has 1 heterocycles. The molecule has 0 atom stereocenters. The van der Waals surface area contributed by atoms with Crippen molar-refractivity contribution < 1.29 is 12.8 Å². The Labute approximate surface area is 122 Å². The zero-order valence-electron chi connectivity index (χ0n) is 12.8. The second kappa shape index (κ2) is 7.24. The molecule has 116 valence electrons. The average Bonchev–Trinajstić information content (AvgIpc) is 2.81. The van der Waals surface area contributed by atoms with Crippen LogP contribution in [0.25, 0.3) is 0 Å². The van der Waals surface area contributed by atoms with E-state index in [0.29, 0.717) is 18.8 Å². The van der Waals surface area contributed by atoms with Crippen LogP contribution in [0.15, 0.2) is 21.6 Å². The Morgan fingerprint density at radius 3 is 2.50 bits per heavy atom. The van der Waals surface area contributed by atoms with Crippen LogP contribution in [-0.4, -0.2) is 20.5 Å². The molecule has 5 nitrogen and oxygen atoms in total. The fourth-order valence-electron chi connectivity index (χ4n) is 1.60. The molecule has 0 amide bonds. The van der Waals surface area contributed by atoms with Gasteiger partial charge in [0.1, 0.15) is 5.76 Å². The molecule has 0 aliphatic rings. The molecular formula is C14H26N2O3S. The van der Waals surface area contributed by atoms with Crippen LogP contribution in [0.1, 0.15) is 52.7 Å². The van der Waals surface area contributed by atoms with Gasteiger partial charge in [0.05, 0.1) is 6.54 Å². The van der Waals surface area contributed by atoms with Gasteiger partial charge >= 0.3 is 0 Å². The third-order valence-electron chi connectivity index (χ3n) is 2.77. The minimum Gasteiger partial charge on any atom is -0.447 e. The number of unbranched alkanes of at least 4 members (excludes halogenated alkanes) is 2. The summed E-state index contributed by atoms with van der Waals surface area (Å²) in [5.74, 6) is 0.619. The highest BCUT2D eigenvalue weighted by Gasteiger charge is 2.18. The standard InChI is InChI=1S/C14H26N2O3S/c1-5-6-7-10-16-20(17,18)13-9-8-12(19-13)11-15-14(2,3)4/h8-9,15-16H,5-7,10-11H2,1-4H3. The molecule has 1 aromatic heterocycles.